The fraction of sp³-hybridized carbons (Fsp3) is 0.444. The van der Waals surface area contributed by atoms with Gasteiger partial charge in [0.15, 0.2) is 0 Å². The van der Waals surface area contributed by atoms with E-state index in [-0.39, 0.29) is 17.9 Å². The lowest BCUT2D eigenvalue weighted by molar-refractivity contribution is -0.144. The Kier molecular flexibility index (Phi) is 4.15. The molecular weight excluding hydrogens is 214 g/mol. The lowest BCUT2D eigenvalue weighted by Gasteiger charge is -2.15. The van der Waals surface area contributed by atoms with Crippen LogP contribution in [0.4, 0.5) is 5.82 Å². The Bertz CT molecular complexity index is 354. The van der Waals surface area contributed by atoms with E-state index < -0.39 is 18.2 Å². The van der Waals surface area contributed by atoms with Crippen molar-refractivity contribution in [2.24, 2.45) is 0 Å². The van der Waals surface area contributed by atoms with Crippen LogP contribution in [0.15, 0.2) is 12.4 Å². The van der Waals surface area contributed by atoms with Crippen LogP contribution in [-0.2, 0) is 9.53 Å². The van der Waals surface area contributed by atoms with E-state index in [0.717, 1.165) is 0 Å². The highest BCUT2D eigenvalue weighted by Crippen LogP contribution is 2.16. The first-order chi connectivity index (χ1) is 7.54. The maximum atomic E-state index is 10.9. The van der Waals surface area contributed by atoms with Crippen LogP contribution in [0.2, 0.25) is 0 Å². The Hall–Kier alpha value is -1.73. The molecule has 1 aromatic rings. The molecule has 7 nitrogen and oxygen atoms in total. The highest BCUT2D eigenvalue weighted by molar-refractivity contribution is 5.69. The summed E-state index contributed by atoms with van der Waals surface area (Å²) in [6.07, 6.45) is -0.411. The number of anilines is 1. The van der Waals surface area contributed by atoms with Gasteiger partial charge in [-0.2, -0.15) is 0 Å². The zero-order valence-corrected chi connectivity index (χ0v) is 8.70. The summed E-state index contributed by atoms with van der Waals surface area (Å²) in [6, 6.07) is 0. The molecule has 0 saturated carbocycles. The molecule has 1 rings (SSSR count). The van der Waals surface area contributed by atoms with Gasteiger partial charge >= 0.3 is 5.97 Å². The van der Waals surface area contributed by atoms with E-state index in [1.807, 2.05) is 0 Å². The molecule has 0 aliphatic carbocycles. The maximum Gasteiger partial charge on any atom is 0.308 e. The number of nitrogen functional groups attached to an aromatic ring is 1. The Morgan fingerprint density at radius 3 is 2.69 bits per heavy atom. The largest absolute Gasteiger partial charge is 0.469 e. The highest BCUT2D eigenvalue weighted by Gasteiger charge is 2.23. The van der Waals surface area contributed by atoms with Crippen LogP contribution in [0.5, 0.6) is 0 Å². The number of hydrogen-bond acceptors (Lipinski definition) is 7. The van der Waals surface area contributed by atoms with Crippen molar-refractivity contribution in [2.75, 3.05) is 12.8 Å². The standard InChI is InChI=1S/C9H13N3O4/c1-16-8(14)2-6(13)9(15)5-3-12-7(10)4-11-5/h3-4,6,9,13,15H,2H2,1H3,(H2,10,12). The van der Waals surface area contributed by atoms with Crippen LogP contribution in [0.25, 0.3) is 0 Å². The molecule has 0 aromatic carbocycles. The average Bonchev–Trinajstić information content (AvgIpc) is 2.28. The number of carbonyl (C=O) groups excluding carboxylic acids is 1. The number of aliphatic hydroxyl groups is 2. The van der Waals surface area contributed by atoms with E-state index in [9.17, 15) is 15.0 Å². The number of carbonyl (C=O) groups is 1. The fourth-order valence-electron chi connectivity index (χ4n) is 1.06. The summed E-state index contributed by atoms with van der Waals surface area (Å²) in [4.78, 5) is 18.4. The second kappa shape index (κ2) is 5.38. The van der Waals surface area contributed by atoms with E-state index in [2.05, 4.69) is 14.7 Å². The van der Waals surface area contributed by atoms with Crippen molar-refractivity contribution < 1.29 is 19.7 Å². The Morgan fingerprint density at radius 1 is 1.50 bits per heavy atom. The highest BCUT2D eigenvalue weighted by atomic mass is 16.5. The zero-order chi connectivity index (χ0) is 12.1. The van der Waals surface area contributed by atoms with Gasteiger partial charge in [0.1, 0.15) is 11.9 Å². The van der Waals surface area contributed by atoms with Crippen LogP contribution >= 0.6 is 0 Å². The van der Waals surface area contributed by atoms with Gasteiger partial charge in [0.2, 0.25) is 0 Å². The quantitative estimate of drug-likeness (QED) is 0.565. The molecule has 0 saturated heterocycles. The molecule has 0 aliphatic heterocycles. The van der Waals surface area contributed by atoms with E-state index in [0.29, 0.717) is 0 Å². The number of nitrogens with two attached hydrogens (primary N) is 1. The molecule has 0 bridgehead atoms. The van der Waals surface area contributed by atoms with Crippen LogP contribution in [0.3, 0.4) is 0 Å². The third kappa shape index (κ3) is 3.14. The first kappa shape index (κ1) is 12.3. The van der Waals surface area contributed by atoms with Gasteiger partial charge in [-0.25, -0.2) is 4.98 Å². The molecule has 0 amide bonds. The van der Waals surface area contributed by atoms with E-state index in [4.69, 9.17) is 5.73 Å². The fourth-order valence-corrected chi connectivity index (χ4v) is 1.06. The van der Waals surface area contributed by atoms with Gasteiger partial charge in [-0.3, -0.25) is 9.78 Å². The van der Waals surface area contributed by atoms with Crippen molar-refractivity contribution >= 4 is 11.8 Å². The van der Waals surface area contributed by atoms with Gasteiger partial charge < -0.3 is 20.7 Å². The molecule has 4 N–H and O–H groups in total. The first-order valence-corrected chi connectivity index (χ1v) is 4.55. The molecule has 1 aromatic heterocycles. The van der Waals surface area contributed by atoms with Gasteiger partial charge in [0.05, 0.1) is 37.7 Å². The monoisotopic (exact) mass is 227 g/mol. The molecular formula is C9H13N3O4. The number of nitrogens with zero attached hydrogens (tertiary/aromatic N) is 2. The summed E-state index contributed by atoms with van der Waals surface area (Å²) < 4.78 is 4.36. The first-order valence-electron chi connectivity index (χ1n) is 4.55. The van der Waals surface area contributed by atoms with Crippen molar-refractivity contribution in [1.29, 1.82) is 0 Å². The van der Waals surface area contributed by atoms with E-state index in [1.165, 1.54) is 19.5 Å². The second-order valence-corrected chi connectivity index (χ2v) is 3.16. The molecule has 1 heterocycles. The number of hydrogen-bond donors (Lipinski definition) is 3. The van der Waals surface area contributed by atoms with Crippen LogP contribution in [-0.4, -0.2) is 39.4 Å². The maximum absolute atomic E-state index is 10.9. The van der Waals surface area contributed by atoms with Crippen molar-refractivity contribution in [1.82, 2.24) is 9.97 Å². The summed E-state index contributed by atoms with van der Waals surface area (Å²) in [6.45, 7) is 0. The summed E-state index contributed by atoms with van der Waals surface area (Å²) in [5.74, 6) is -0.409. The van der Waals surface area contributed by atoms with Crippen molar-refractivity contribution in [3.8, 4) is 0 Å². The third-order valence-electron chi connectivity index (χ3n) is 1.96. The number of aromatic nitrogens is 2. The Morgan fingerprint density at radius 2 is 2.19 bits per heavy atom. The molecule has 0 spiro atoms. The SMILES string of the molecule is COC(=O)CC(O)C(O)c1cnc(N)cn1. The van der Waals surface area contributed by atoms with Crippen LogP contribution < -0.4 is 5.73 Å². The van der Waals surface area contributed by atoms with E-state index in [1.54, 1.807) is 0 Å². The smallest absolute Gasteiger partial charge is 0.308 e. The minimum atomic E-state index is -1.30. The van der Waals surface area contributed by atoms with Crippen molar-refractivity contribution in [3.05, 3.63) is 18.1 Å². The number of methoxy groups -OCH3 is 1. The number of rotatable bonds is 4. The van der Waals surface area contributed by atoms with E-state index >= 15 is 0 Å². The lowest BCUT2D eigenvalue weighted by Crippen LogP contribution is -2.23. The molecule has 0 aliphatic rings. The average molecular weight is 227 g/mol. The van der Waals surface area contributed by atoms with Crippen LogP contribution in [0.1, 0.15) is 18.2 Å². The summed E-state index contributed by atoms with van der Waals surface area (Å²) in [7, 11) is 1.20. The normalized spacial score (nSPS) is 14.2. The summed E-state index contributed by atoms with van der Waals surface area (Å²) in [5, 5.41) is 19.1. The molecule has 0 radical (unpaired) electrons. The summed E-state index contributed by atoms with van der Waals surface area (Å²) in [5.41, 5.74) is 5.46. The topological polar surface area (TPSA) is 119 Å². The van der Waals surface area contributed by atoms with Gasteiger partial charge in [-0.05, 0) is 0 Å². The minimum absolute atomic E-state index is 0.144. The Labute approximate surface area is 91.9 Å². The van der Waals surface area contributed by atoms with Crippen molar-refractivity contribution in [3.63, 3.8) is 0 Å². The van der Waals surface area contributed by atoms with Crippen molar-refractivity contribution in [2.45, 2.75) is 18.6 Å². The van der Waals surface area contributed by atoms with Gasteiger partial charge in [-0.1, -0.05) is 0 Å². The van der Waals surface area contributed by atoms with Gasteiger partial charge in [0.25, 0.3) is 0 Å². The van der Waals surface area contributed by atoms with Crippen LogP contribution in [0, 0.1) is 0 Å². The molecule has 2 atom stereocenters. The second-order valence-electron chi connectivity index (χ2n) is 3.16. The molecule has 0 fully saturated rings. The third-order valence-corrected chi connectivity index (χ3v) is 1.96. The number of aliphatic hydroxyl groups excluding tert-OH is 2. The van der Waals surface area contributed by atoms with Gasteiger partial charge in [-0.15, -0.1) is 0 Å². The minimum Gasteiger partial charge on any atom is -0.469 e. The lowest BCUT2D eigenvalue weighted by atomic mass is 10.1. The summed E-state index contributed by atoms with van der Waals surface area (Å²) >= 11 is 0. The Balaban J connectivity index is 2.66. The number of ether oxygens (including phenoxy) is 1. The predicted octanol–water partition coefficient (Wildman–Crippen LogP) is -0.984. The zero-order valence-electron chi connectivity index (χ0n) is 8.70. The molecule has 7 heteroatoms. The predicted molar refractivity (Wildman–Crippen MR) is 54.0 cm³/mol. The molecule has 2 unspecified atom stereocenters. The molecule has 16 heavy (non-hydrogen) atoms. The van der Waals surface area contributed by atoms with Gasteiger partial charge in [0, 0.05) is 0 Å². The number of esters is 1. The molecule has 88 valence electrons.